The number of hydrogen-bond acceptors (Lipinski definition) is 3. The van der Waals surface area contributed by atoms with Crippen LogP contribution in [0.4, 0.5) is 5.69 Å². The topological polar surface area (TPSA) is 46.3 Å². The van der Waals surface area contributed by atoms with E-state index in [1.54, 1.807) is 17.0 Å². The first-order valence-corrected chi connectivity index (χ1v) is 7.58. The number of benzene rings is 1. The van der Waals surface area contributed by atoms with Gasteiger partial charge in [-0.15, -0.1) is 11.3 Å². The van der Waals surface area contributed by atoms with Crippen molar-refractivity contribution in [1.82, 2.24) is 4.90 Å². The normalized spacial score (nSPS) is 10.8. The molecule has 0 bridgehead atoms. The molecule has 0 aliphatic carbocycles. The maximum absolute atomic E-state index is 12.6. The molecule has 0 aliphatic heterocycles. The number of thiophene rings is 1. The first-order valence-electron chi connectivity index (χ1n) is 6.38. The predicted molar refractivity (Wildman–Crippen MR) is 85.2 cm³/mol. The van der Waals surface area contributed by atoms with Crippen molar-refractivity contribution in [2.24, 2.45) is 0 Å². The lowest BCUT2D eigenvalue weighted by molar-refractivity contribution is 0.0696. The van der Waals surface area contributed by atoms with Crippen LogP contribution in [-0.2, 0) is 6.54 Å². The van der Waals surface area contributed by atoms with E-state index in [2.05, 4.69) is 0 Å². The molecule has 2 aromatic rings. The molecule has 1 aromatic heterocycles. The first-order chi connectivity index (χ1) is 9.49. The minimum Gasteiger partial charge on any atom is -0.398 e. The van der Waals surface area contributed by atoms with E-state index in [-0.39, 0.29) is 11.9 Å². The molecule has 0 radical (unpaired) electrons. The summed E-state index contributed by atoms with van der Waals surface area (Å²) in [5.41, 5.74) is 7.62. The van der Waals surface area contributed by atoms with Gasteiger partial charge in [-0.3, -0.25) is 4.79 Å². The monoisotopic (exact) mass is 308 g/mol. The number of amides is 1. The fraction of sp³-hybridized carbons (Fsp3) is 0.267. The zero-order valence-corrected chi connectivity index (χ0v) is 13.0. The quantitative estimate of drug-likeness (QED) is 0.867. The van der Waals surface area contributed by atoms with Gasteiger partial charge >= 0.3 is 0 Å². The summed E-state index contributed by atoms with van der Waals surface area (Å²) < 4.78 is 0.622. The number of nitrogens with two attached hydrogens (primary N) is 1. The molecular formula is C15H17ClN2OS. The SMILES string of the molecule is CC(C)N(Cc1ccccc1N)C(=O)c1ccc(Cl)s1. The lowest BCUT2D eigenvalue weighted by atomic mass is 10.1. The average Bonchev–Trinajstić information content (AvgIpc) is 2.83. The fourth-order valence-electron chi connectivity index (χ4n) is 1.92. The van der Waals surface area contributed by atoms with Crippen LogP contribution in [-0.4, -0.2) is 16.8 Å². The number of carbonyl (C=O) groups excluding carboxylic acids is 1. The maximum atomic E-state index is 12.6. The number of hydrogen-bond donors (Lipinski definition) is 1. The van der Waals surface area contributed by atoms with Gasteiger partial charge in [-0.25, -0.2) is 0 Å². The van der Waals surface area contributed by atoms with Crippen LogP contribution >= 0.6 is 22.9 Å². The van der Waals surface area contributed by atoms with Gasteiger partial charge in [0.2, 0.25) is 0 Å². The second-order valence-corrected chi connectivity index (χ2v) is 6.54. The van der Waals surface area contributed by atoms with Crippen LogP contribution in [0, 0.1) is 0 Å². The van der Waals surface area contributed by atoms with Gasteiger partial charge in [0.15, 0.2) is 0 Å². The number of para-hydroxylation sites is 1. The highest BCUT2D eigenvalue weighted by molar-refractivity contribution is 7.17. The van der Waals surface area contributed by atoms with Crippen LogP contribution in [0.25, 0.3) is 0 Å². The zero-order valence-electron chi connectivity index (χ0n) is 11.5. The Kier molecular flexibility index (Phi) is 4.68. The van der Waals surface area contributed by atoms with Crippen molar-refractivity contribution < 1.29 is 4.79 Å². The van der Waals surface area contributed by atoms with Crippen molar-refractivity contribution in [2.75, 3.05) is 5.73 Å². The lowest BCUT2D eigenvalue weighted by Gasteiger charge is -2.27. The van der Waals surface area contributed by atoms with Crippen molar-refractivity contribution in [3.8, 4) is 0 Å². The molecule has 0 aliphatic rings. The highest BCUT2D eigenvalue weighted by Gasteiger charge is 2.21. The number of nitrogens with zero attached hydrogens (tertiary/aromatic N) is 1. The van der Waals surface area contributed by atoms with E-state index in [1.165, 1.54) is 11.3 Å². The molecule has 20 heavy (non-hydrogen) atoms. The third-order valence-corrected chi connectivity index (χ3v) is 4.28. The van der Waals surface area contributed by atoms with Crippen LogP contribution in [0.15, 0.2) is 36.4 Å². The minimum atomic E-state index is -0.0137. The molecule has 0 spiro atoms. The Bertz CT molecular complexity index is 609. The molecule has 0 atom stereocenters. The fourth-order valence-corrected chi connectivity index (χ4v) is 2.92. The molecule has 1 heterocycles. The Hall–Kier alpha value is -1.52. The predicted octanol–water partition coefficient (Wildman–Crippen LogP) is 4.03. The molecular weight excluding hydrogens is 292 g/mol. The minimum absolute atomic E-state index is 0.0137. The average molecular weight is 309 g/mol. The number of carbonyl (C=O) groups is 1. The molecule has 1 aromatic carbocycles. The van der Waals surface area contributed by atoms with Crippen molar-refractivity contribution in [2.45, 2.75) is 26.4 Å². The van der Waals surface area contributed by atoms with E-state index in [1.807, 2.05) is 38.1 Å². The van der Waals surface area contributed by atoms with Crippen molar-refractivity contribution in [3.05, 3.63) is 51.2 Å². The summed E-state index contributed by atoms with van der Waals surface area (Å²) >= 11 is 7.20. The highest BCUT2D eigenvalue weighted by Crippen LogP contribution is 2.25. The van der Waals surface area contributed by atoms with Crippen molar-refractivity contribution >= 4 is 34.5 Å². The van der Waals surface area contributed by atoms with Gasteiger partial charge in [-0.1, -0.05) is 29.8 Å². The molecule has 3 nitrogen and oxygen atoms in total. The Morgan fingerprint density at radius 3 is 2.55 bits per heavy atom. The molecule has 0 saturated heterocycles. The van der Waals surface area contributed by atoms with E-state index in [0.29, 0.717) is 21.4 Å². The third kappa shape index (κ3) is 3.32. The Balaban J connectivity index is 2.24. The largest absolute Gasteiger partial charge is 0.398 e. The summed E-state index contributed by atoms with van der Waals surface area (Å²) in [7, 11) is 0. The van der Waals surface area contributed by atoms with Gasteiger partial charge in [0.1, 0.15) is 0 Å². The molecule has 1 amide bonds. The van der Waals surface area contributed by atoms with Crippen LogP contribution in [0.5, 0.6) is 0 Å². The summed E-state index contributed by atoms with van der Waals surface area (Å²) in [6.45, 7) is 4.48. The summed E-state index contributed by atoms with van der Waals surface area (Å²) in [5, 5.41) is 0. The Morgan fingerprint density at radius 2 is 2.00 bits per heavy atom. The van der Waals surface area contributed by atoms with E-state index in [4.69, 9.17) is 17.3 Å². The van der Waals surface area contributed by atoms with Crippen LogP contribution in [0.2, 0.25) is 4.34 Å². The van der Waals surface area contributed by atoms with Gasteiger partial charge in [0.25, 0.3) is 5.91 Å². The molecule has 106 valence electrons. The molecule has 0 fully saturated rings. The number of anilines is 1. The van der Waals surface area contributed by atoms with Crippen molar-refractivity contribution in [1.29, 1.82) is 0 Å². The molecule has 5 heteroatoms. The molecule has 2 rings (SSSR count). The van der Waals surface area contributed by atoms with Gasteiger partial charge in [0.05, 0.1) is 9.21 Å². The van der Waals surface area contributed by atoms with E-state index >= 15 is 0 Å². The third-order valence-electron chi connectivity index (χ3n) is 3.06. The van der Waals surface area contributed by atoms with Gasteiger partial charge < -0.3 is 10.6 Å². The number of halogens is 1. The molecule has 0 saturated carbocycles. The van der Waals surface area contributed by atoms with Crippen LogP contribution in [0.3, 0.4) is 0 Å². The summed E-state index contributed by atoms with van der Waals surface area (Å²) in [6, 6.07) is 11.2. The zero-order chi connectivity index (χ0) is 14.7. The van der Waals surface area contributed by atoms with E-state index < -0.39 is 0 Å². The number of nitrogen functional groups attached to an aromatic ring is 1. The summed E-state index contributed by atoms with van der Waals surface area (Å²) in [4.78, 5) is 15.0. The molecule has 0 unspecified atom stereocenters. The highest BCUT2D eigenvalue weighted by atomic mass is 35.5. The standard InChI is InChI=1S/C15H17ClN2OS/c1-10(2)18(9-11-5-3-4-6-12(11)17)15(19)13-7-8-14(16)20-13/h3-8,10H,9,17H2,1-2H3. The van der Waals surface area contributed by atoms with Gasteiger partial charge in [0, 0.05) is 18.3 Å². The maximum Gasteiger partial charge on any atom is 0.264 e. The Labute approximate surface area is 128 Å². The lowest BCUT2D eigenvalue weighted by Crippen LogP contribution is -2.36. The smallest absolute Gasteiger partial charge is 0.264 e. The summed E-state index contributed by atoms with van der Waals surface area (Å²) in [6.07, 6.45) is 0. The summed E-state index contributed by atoms with van der Waals surface area (Å²) in [5.74, 6) is -0.0137. The van der Waals surface area contributed by atoms with E-state index in [0.717, 1.165) is 5.56 Å². The van der Waals surface area contributed by atoms with E-state index in [9.17, 15) is 4.79 Å². The van der Waals surface area contributed by atoms with Gasteiger partial charge in [-0.05, 0) is 37.6 Å². The second-order valence-electron chi connectivity index (χ2n) is 4.83. The second kappa shape index (κ2) is 6.29. The molecule has 2 N–H and O–H groups in total. The Morgan fingerprint density at radius 1 is 1.30 bits per heavy atom. The number of rotatable bonds is 4. The van der Waals surface area contributed by atoms with Crippen molar-refractivity contribution in [3.63, 3.8) is 0 Å². The van der Waals surface area contributed by atoms with Crippen LogP contribution in [0.1, 0.15) is 29.1 Å². The van der Waals surface area contributed by atoms with Gasteiger partial charge in [-0.2, -0.15) is 0 Å². The van der Waals surface area contributed by atoms with Crippen LogP contribution < -0.4 is 5.73 Å². The first kappa shape index (κ1) is 14.9.